The van der Waals surface area contributed by atoms with Gasteiger partial charge in [0.05, 0.1) is 16.7 Å². The van der Waals surface area contributed by atoms with Gasteiger partial charge in [-0.3, -0.25) is 4.68 Å². The highest BCUT2D eigenvalue weighted by molar-refractivity contribution is 9.10. The number of aryl methyl sites for hydroxylation is 1. The maximum absolute atomic E-state index is 4.68. The Labute approximate surface area is 107 Å². The zero-order valence-corrected chi connectivity index (χ0v) is 11.1. The van der Waals surface area contributed by atoms with Gasteiger partial charge in [0, 0.05) is 17.1 Å². The molecule has 0 radical (unpaired) electrons. The van der Waals surface area contributed by atoms with Gasteiger partial charge >= 0.3 is 0 Å². The Hall–Kier alpha value is -0.740. The van der Waals surface area contributed by atoms with Crippen LogP contribution in [0.25, 0.3) is 11.3 Å². The summed E-state index contributed by atoms with van der Waals surface area (Å²) >= 11 is 5.65. The summed E-state index contributed by atoms with van der Waals surface area (Å²) in [6.07, 6.45) is 0. The molecule has 3 rings (SSSR count). The molecular weight excluding hydrogens is 284 g/mol. The Morgan fingerprint density at radius 1 is 1.25 bits per heavy atom. The minimum absolute atomic E-state index is 1.02. The van der Waals surface area contributed by atoms with E-state index < -0.39 is 0 Å². The fourth-order valence-corrected chi connectivity index (χ4v) is 3.67. The first-order valence-corrected chi connectivity index (χ1v) is 7.19. The van der Waals surface area contributed by atoms with E-state index in [1.54, 1.807) is 0 Å². The van der Waals surface area contributed by atoms with Crippen LogP contribution in [0.3, 0.4) is 0 Å². The second kappa shape index (κ2) is 4.26. The molecule has 2 nitrogen and oxygen atoms in total. The van der Waals surface area contributed by atoms with Crippen molar-refractivity contribution in [2.24, 2.45) is 0 Å². The molecule has 16 heavy (non-hydrogen) atoms. The highest BCUT2D eigenvalue weighted by Gasteiger charge is 2.19. The highest BCUT2D eigenvalue weighted by atomic mass is 79.9. The predicted octanol–water partition coefficient (Wildman–Crippen LogP) is 3.56. The lowest BCUT2D eigenvalue weighted by Crippen LogP contribution is -2.11. The van der Waals surface area contributed by atoms with Gasteiger partial charge in [0.1, 0.15) is 5.69 Å². The van der Waals surface area contributed by atoms with Crippen LogP contribution in [0.15, 0.2) is 34.8 Å². The lowest BCUT2D eigenvalue weighted by molar-refractivity contribution is 0.634. The van der Waals surface area contributed by atoms with Crippen LogP contribution < -0.4 is 0 Å². The minimum atomic E-state index is 1.02. The third-order valence-electron chi connectivity index (χ3n) is 2.73. The molecule has 1 aliphatic heterocycles. The van der Waals surface area contributed by atoms with Crippen molar-refractivity contribution < 1.29 is 0 Å². The van der Waals surface area contributed by atoms with Crippen LogP contribution in [0.5, 0.6) is 0 Å². The minimum Gasteiger partial charge on any atom is -0.266 e. The van der Waals surface area contributed by atoms with Crippen molar-refractivity contribution >= 4 is 27.7 Å². The number of thioether (sulfide) groups is 1. The summed E-state index contributed by atoms with van der Waals surface area (Å²) in [5, 5.41) is 4.68. The molecule has 1 aromatic carbocycles. The molecule has 1 aromatic heterocycles. The molecule has 0 unspecified atom stereocenters. The molecule has 1 aliphatic rings. The molecule has 0 bridgehead atoms. The zero-order valence-electron chi connectivity index (χ0n) is 8.69. The van der Waals surface area contributed by atoms with Crippen molar-refractivity contribution in [1.82, 2.24) is 9.78 Å². The van der Waals surface area contributed by atoms with Crippen LogP contribution in [0, 0.1) is 0 Å². The molecule has 0 amide bonds. The third-order valence-corrected chi connectivity index (χ3v) is 4.51. The van der Waals surface area contributed by atoms with Gasteiger partial charge in [0.25, 0.3) is 0 Å². The summed E-state index contributed by atoms with van der Waals surface area (Å²) in [5.74, 6) is 2.22. The molecule has 82 valence electrons. The molecule has 0 atom stereocenters. The molecule has 0 saturated heterocycles. The number of nitrogens with zero attached hydrogens (tertiary/aromatic N) is 2. The smallest absolute Gasteiger partial charge is 0.107 e. The van der Waals surface area contributed by atoms with Gasteiger partial charge in [-0.25, -0.2) is 0 Å². The lowest BCUT2D eigenvalue weighted by Gasteiger charge is -2.12. The normalized spacial score (nSPS) is 14.8. The summed E-state index contributed by atoms with van der Waals surface area (Å²) in [6.45, 7) is 1.02. The van der Waals surface area contributed by atoms with Crippen molar-refractivity contribution in [3.63, 3.8) is 0 Å². The molecule has 0 saturated carbocycles. The SMILES string of the molecule is Brc1c(-c2ccccc2)nn2c1CSCC2. The van der Waals surface area contributed by atoms with Gasteiger partial charge in [-0.1, -0.05) is 30.3 Å². The summed E-state index contributed by atoms with van der Waals surface area (Å²) in [5.41, 5.74) is 3.56. The van der Waals surface area contributed by atoms with E-state index in [4.69, 9.17) is 0 Å². The van der Waals surface area contributed by atoms with Gasteiger partial charge < -0.3 is 0 Å². The Kier molecular flexibility index (Phi) is 2.77. The van der Waals surface area contributed by atoms with Gasteiger partial charge in [-0.15, -0.1) is 0 Å². The number of halogens is 1. The molecule has 0 aliphatic carbocycles. The second-order valence-electron chi connectivity index (χ2n) is 3.75. The van der Waals surface area contributed by atoms with Crippen molar-refractivity contribution in [2.45, 2.75) is 12.3 Å². The third kappa shape index (κ3) is 1.70. The second-order valence-corrected chi connectivity index (χ2v) is 5.65. The van der Waals surface area contributed by atoms with Crippen LogP contribution >= 0.6 is 27.7 Å². The van der Waals surface area contributed by atoms with Crippen molar-refractivity contribution in [2.75, 3.05) is 5.75 Å². The summed E-state index contributed by atoms with van der Waals surface area (Å²) in [6, 6.07) is 10.3. The Morgan fingerprint density at radius 3 is 2.81 bits per heavy atom. The van der Waals surface area contributed by atoms with E-state index in [1.807, 2.05) is 17.8 Å². The average Bonchev–Trinajstić information content (AvgIpc) is 2.69. The van der Waals surface area contributed by atoms with E-state index >= 15 is 0 Å². The Morgan fingerprint density at radius 2 is 2.06 bits per heavy atom. The van der Waals surface area contributed by atoms with Crippen molar-refractivity contribution in [1.29, 1.82) is 0 Å². The highest BCUT2D eigenvalue weighted by Crippen LogP contribution is 2.34. The number of hydrogen-bond acceptors (Lipinski definition) is 2. The fourth-order valence-electron chi connectivity index (χ4n) is 1.90. The molecule has 2 aromatic rings. The van der Waals surface area contributed by atoms with Gasteiger partial charge in [0.15, 0.2) is 0 Å². The zero-order chi connectivity index (χ0) is 11.0. The van der Waals surface area contributed by atoms with Crippen LogP contribution in [0.1, 0.15) is 5.69 Å². The van der Waals surface area contributed by atoms with Gasteiger partial charge in [-0.05, 0) is 15.9 Å². The van der Waals surface area contributed by atoms with E-state index in [-0.39, 0.29) is 0 Å². The van der Waals surface area contributed by atoms with Crippen LogP contribution in [0.2, 0.25) is 0 Å². The van der Waals surface area contributed by atoms with Crippen LogP contribution in [-0.2, 0) is 12.3 Å². The standard InChI is InChI=1S/C12H11BrN2S/c13-11-10-8-16-7-6-15(10)14-12(11)9-4-2-1-3-5-9/h1-5H,6-8H2. The lowest BCUT2D eigenvalue weighted by atomic mass is 10.1. The number of benzene rings is 1. The Bertz CT molecular complexity index is 507. The molecule has 0 N–H and O–H groups in total. The van der Waals surface area contributed by atoms with Crippen LogP contribution in [-0.4, -0.2) is 15.5 Å². The number of rotatable bonds is 1. The van der Waals surface area contributed by atoms with E-state index in [1.165, 1.54) is 11.3 Å². The van der Waals surface area contributed by atoms with Crippen LogP contribution in [0.4, 0.5) is 0 Å². The van der Waals surface area contributed by atoms with E-state index in [0.29, 0.717) is 0 Å². The number of hydrogen-bond donors (Lipinski definition) is 0. The molecule has 2 heterocycles. The Balaban J connectivity index is 2.12. The summed E-state index contributed by atoms with van der Waals surface area (Å²) in [7, 11) is 0. The average molecular weight is 295 g/mol. The van der Waals surface area contributed by atoms with Crippen molar-refractivity contribution in [3.05, 3.63) is 40.5 Å². The van der Waals surface area contributed by atoms with Gasteiger partial charge in [0.2, 0.25) is 0 Å². The first-order valence-electron chi connectivity index (χ1n) is 5.24. The fraction of sp³-hybridized carbons (Fsp3) is 0.250. The topological polar surface area (TPSA) is 17.8 Å². The monoisotopic (exact) mass is 294 g/mol. The van der Waals surface area contributed by atoms with Gasteiger partial charge in [-0.2, -0.15) is 16.9 Å². The van der Waals surface area contributed by atoms with E-state index in [0.717, 1.165) is 28.2 Å². The maximum atomic E-state index is 4.68. The predicted molar refractivity (Wildman–Crippen MR) is 71.5 cm³/mol. The van der Waals surface area contributed by atoms with E-state index in [9.17, 15) is 0 Å². The number of aromatic nitrogens is 2. The maximum Gasteiger partial charge on any atom is 0.107 e. The largest absolute Gasteiger partial charge is 0.266 e. The molecule has 0 fully saturated rings. The number of fused-ring (bicyclic) bond motifs is 1. The molecular formula is C12H11BrN2S. The summed E-state index contributed by atoms with van der Waals surface area (Å²) in [4.78, 5) is 0. The summed E-state index contributed by atoms with van der Waals surface area (Å²) < 4.78 is 3.29. The first-order chi connectivity index (χ1) is 7.86. The molecule has 4 heteroatoms. The van der Waals surface area contributed by atoms with E-state index in [2.05, 4.69) is 50.0 Å². The first kappa shape index (κ1) is 10.4. The molecule has 0 spiro atoms. The van der Waals surface area contributed by atoms with Crippen molar-refractivity contribution in [3.8, 4) is 11.3 Å². The quantitative estimate of drug-likeness (QED) is 0.800.